The van der Waals surface area contributed by atoms with E-state index in [1.807, 2.05) is 5.32 Å². The average Bonchev–Trinajstić information content (AvgIpc) is 2.37. The van der Waals surface area contributed by atoms with Gasteiger partial charge in [0.25, 0.3) is 5.91 Å². The van der Waals surface area contributed by atoms with Gasteiger partial charge in [-0.3, -0.25) is 19.7 Å². The Hall–Kier alpha value is -2.02. The SMILES string of the molecule is CC1C(=O)NC(=O)CN1C(=O)c1cc(F)c(Cl)cc1F. The van der Waals surface area contributed by atoms with Crippen molar-refractivity contribution in [3.63, 3.8) is 0 Å². The molecule has 1 saturated heterocycles. The largest absolute Gasteiger partial charge is 0.317 e. The van der Waals surface area contributed by atoms with E-state index in [9.17, 15) is 23.2 Å². The van der Waals surface area contributed by atoms with E-state index in [0.29, 0.717) is 12.1 Å². The number of rotatable bonds is 1. The fourth-order valence-corrected chi connectivity index (χ4v) is 1.95. The molecule has 5 nitrogen and oxygen atoms in total. The van der Waals surface area contributed by atoms with Crippen molar-refractivity contribution in [1.29, 1.82) is 0 Å². The fourth-order valence-electron chi connectivity index (χ4n) is 1.80. The molecule has 0 bridgehead atoms. The van der Waals surface area contributed by atoms with Crippen LogP contribution in [0.5, 0.6) is 0 Å². The molecule has 0 radical (unpaired) electrons. The normalized spacial score (nSPS) is 19.0. The number of hydrogen-bond donors (Lipinski definition) is 1. The average molecular weight is 303 g/mol. The van der Waals surface area contributed by atoms with Gasteiger partial charge < -0.3 is 4.90 Å². The first-order chi connectivity index (χ1) is 9.31. The van der Waals surface area contributed by atoms with E-state index < -0.39 is 52.5 Å². The van der Waals surface area contributed by atoms with Crippen molar-refractivity contribution in [2.75, 3.05) is 6.54 Å². The number of piperazine rings is 1. The van der Waals surface area contributed by atoms with Crippen LogP contribution in [0.4, 0.5) is 8.78 Å². The molecule has 1 fully saturated rings. The fraction of sp³-hybridized carbons (Fsp3) is 0.250. The molecule has 3 amide bonds. The molecule has 1 heterocycles. The molecule has 8 heteroatoms. The highest BCUT2D eigenvalue weighted by Crippen LogP contribution is 2.21. The highest BCUT2D eigenvalue weighted by Gasteiger charge is 2.35. The van der Waals surface area contributed by atoms with Gasteiger partial charge in [0.15, 0.2) is 0 Å². The molecule has 0 aliphatic carbocycles. The van der Waals surface area contributed by atoms with Crippen LogP contribution < -0.4 is 5.32 Å². The lowest BCUT2D eigenvalue weighted by molar-refractivity contribution is -0.138. The van der Waals surface area contributed by atoms with Crippen molar-refractivity contribution in [2.24, 2.45) is 0 Å². The molecular weight excluding hydrogens is 294 g/mol. The van der Waals surface area contributed by atoms with Crippen LogP contribution >= 0.6 is 11.6 Å². The van der Waals surface area contributed by atoms with Gasteiger partial charge >= 0.3 is 0 Å². The van der Waals surface area contributed by atoms with E-state index in [2.05, 4.69) is 0 Å². The summed E-state index contributed by atoms with van der Waals surface area (Å²) in [7, 11) is 0. The number of halogens is 3. The minimum Gasteiger partial charge on any atom is -0.317 e. The summed E-state index contributed by atoms with van der Waals surface area (Å²) in [6.45, 7) is 0.972. The van der Waals surface area contributed by atoms with Crippen LogP contribution in [0.15, 0.2) is 12.1 Å². The molecule has 1 N–H and O–H groups in total. The van der Waals surface area contributed by atoms with Crippen LogP contribution in [0.25, 0.3) is 0 Å². The Morgan fingerprint density at radius 2 is 2.00 bits per heavy atom. The zero-order chi connectivity index (χ0) is 15.0. The lowest BCUT2D eigenvalue weighted by Crippen LogP contribution is -2.58. The van der Waals surface area contributed by atoms with Crippen LogP contribution in [0.1, 0.15) is 17.3 Å². The Morgan fingerprint density at radius 1 is 1.35 bits per heavy atom. The highest BCUT2D eigenvalue weighted by molar-refractivity contribution is 6.30. The van der Waals surface area contributed by atoms with E-state index >= 15 is 0 Å². The number of amides is 3. The van der Waals surface area contributed by atoms with Crippen LogP contribution in [0, 0.1) is 11.6 Å². The molecule has 0 saturated carbocycles. The number of nitrogens with one attached hydrogen (secondary N) is 1. The molecule has 1 unspecified atom stereocenters. The molecule has 106 valence electrons. The van der Waals surface area contributed by atoms with Crippen LogP contribution in [0.2, 0.25) is 5.02 Å². The standard InChI is InChI=1S/C12H9ClF2N2O3/c1-5-11(19)16-10(18)4-17(5)12(20)6-2-9(15)7(13)3-8(6)14/h2-3,5H,4H2,1H3,(H,16,18,19). The van der Waals surface area contributed by atoms with Gasteiger partial charge in [0, 0.05) is 0 Å². The summed E-state index contributed by atoms with van der Waals surface area (Å²) < 4.78 is 27.0. The van der Waals surface area contributed by atoms with E-state index in [1.54, 1.807) is 0 Å². The van der Waals surface area contributed by atoms with Gasteiger partial charge in [-0.05, 0) is 19.1 Å². The number of carbonyl (C=O) groups excluding carboxylic acids is 3. The molecule has 1 aliphatic heterocycles. The van der Waals surface area contributed by atoms with Gasteiger partial charge in [-0.2, -0.15) is 0 Å². The Labute approximate surface area is 117 Å². The van der Waals surface area contributed by atoms with E-state index in [1.165, 1.54) is 6.92 Å². The van der Waals surface area contributed by atoms with Crippen molar-refractivity contribution in [3.8, 4) is 0 Å². The first kappa shape index (κ1) is 14.4. The summed E-state index contributed by atoms with van der Waals surface area (Å²) in [6.07, 6.45) is 0. The van der Waals surface area contributed by atoms with Crippen molar-refractivity contribution in [3.05, 3.63) is 34.4 Å². The van der Waals surface area contributed by atoms with Gasteiger partial charge in [0.2, 0.25) is 11.8 Å². The number of carbonyl (C=O) groups is 3. The predicted octanol–water partition coefficient (Wildman–Crippen LogP) is 1.11. The maximum atomic E-state index is 13.7. The van der Waals surface area contributed by atoms with Crippen molar-refractivity contribution < 1.29 is 23.2 Å². The zero-order valence-corrected chi connectivity index (χ0v) is 11.0. The Balaban J connectivity index is 2.38. The molecule has 1 aliphatic rings. The molecule has 0 aromatic heterocycles. The zero-order valence-electron chi connectivity index (χ0n) is 10.2. The molecule has 20 heavy (non-hydrogen) atoms. The summed E-state index contributed by atoms with van der Waals surface area (Å²) in [5.41, 5.74) is -0.582. The minimum absolute atomic E-state index is 0.407. The van der Waals surface area contributed by atoms with Crippen LogP contribution in [-0.4, -0.2) is 35.2 Å². The lowest BCUT2D eigenvalue weighted by atomic mass is 10.1. The lowest BCUT2D eigenvalue weighted by Gasteiger charge is -2.31. The number of imide groups is 1. The minimum atomic E-state index is -1.02. The van der Waals surface area contributed by atoms with Crippen LogP contribution in [-0.2, 0) is 9.59 Å². The second-order valence-electron chi connectivity index (χ2n) is 4.27. The molecule has 0 spiro atoms. The van der Waals surface area contributed by atoms with E-state index in [0.717, 1.165) is 4.90 Å². The topological polar surface area (TPSA) is 66.5 Å². The Bertz CT molecular complexity index is 621. The second-order valence-corrected chi connectivity index (χ2v) is 4.67. The first-order valence-corrected chi connectivity index (χ1v) is 5.98. The van der Waals surface area contributed by atoms with Crippen LogP contribution in [0.3, 0.4) is 0 Å². The molecule has 1 aromatic carbocycles. The number of nitrogens with zero attached hydrogens (tertiary/aromatic N) is 1. The maximum absolute atomic E-state index is 13.7. The Morgan fingerprint density at radius 3 is 2.65 bits per heavy atom. The molecule has 2 rings (SSSR count). The van der Waals surface area contributed by atoms with Gasteiger partial charge in [-0.1, -0.05) is 11.6 Å². The second kappa shape index (κ2) is 5.16. The first-order valence-electron chi connectivity index (χ1n) is 5.60. The number of benzene rings is 1. The third kappa shape index (κ3) is 2.49. The summed E-state index contributed by atoms with van der Waals surface area (Å²) in [4.78, 5) is 35.7. The highest BCUT2D eigenvalue weighted by atomic mass is 35.5. The quantitative estimate of drug-likeness (QED) is 0.624. The summed E-state index contributed by atoms with van der Waals surface area (Å²) in [5.74, 6) is -4.29. The third-order valence-corrected chi connectivity index (χ3v) is 3.21. The van der Waals surface area contributed by atoms with E-state index in [4.69, 9.17) is 11.6 Å². The van der Waals surface area contributed by atoms with Crippen molar-refractivity contribution >= 4 is 29.3 Å². The molecular formula is C12H9ClF2N2O3. The third-order valence-electron chi connectivity index (χ3n) is 2.92. The van der Waals surface area contributed by atoms with Gasteiger partial charge in [0.05, 0.1) is 10.6 Å². The van der Waals surface area contributed by atoms with Crippen molar-refractivity contribution in [1.82, 2.24) is 10.2 Å². The van der Waals surface area contributed by atoms with Gasteiger partial charge in [-0.15, -0.1) is 0 Å². The van der Waals surface area contributed by atoms with Gasteiger partial charge in [0.1, 0.15) is 24.2 Å². The van der Waals surface area contributed by atoms with Crippen molar-refractivity contribution in [2.45, 2.75) is 13.0 Å². The number of hydrogen-bond acceptors (Lipinski definition) is 3. The Kier molecular flexibility index (Phi) is 3.71. The summed E-state index contributed by atoms with van der Waals surface area (Å²) in [5, 5.41) is 1.58. The monoisotopic (exact) mass is 302 g/mol. The van der Waals surface area contributed by atoms with Gasteiger partial charge in [-0.25, -0.2) is 8.78 Å². The molecule has 1 aromatic rings. The summed E-state index contributed by atoms with van der Waals surface area (Å²) in [6, 6.07) is 0.350. The maximum Gasteiger partial charge on any atom is 0.258 e. The predicted molar refractivity (Wildman–Crippen MR) is 65.0 cm³/mol. The van der Waals surface area contributed by atoms with E-state index in [-0.39, 0.29) is 0 Å². The smallest absolute Gasteiger partial charge is 0.258 e. The summed E-state index contributed by atoms with van der Waals surface area (Å²) >= 11 is 5.39. The molecule has 1 atom stereocenters.